The molecule has 0 amide bonds. The van der Waals surface area contributed by atoms with Gasteiger partial charge >= 0.3 is 0 Å². The van der Waals surface area contributed by atoms with E-state index < -0.39 is 0 Å². The largest absolute Gasteiger partial charge is 0.491 e. The summed E-state index contributed by atoms with van der Waals surface area (Å²) in [6.07, 6.45) is 0.120. The van der Waals surface area contributed by atoms with E-state index in [2.05, 4.69) is 0 Å². The Bertz CT molecular complexity index is 595. The van der Waals surface area contributed by atoms with Crippen molar-refractivity contribution in [2.45, 2.75) is 32.9 Å². The van der Waals surface area contributed by atoms with Gasteiger partial charge in [-0.05, 0) is 50.1 Å². The molecule has 1 unspecified atom stereocenters. The van der Waals surface area contributed by atoms with Gasteiger partial charge in [-0.25, -0.2) is 0 Å². The third kappa shape index (κ3) is 3.33. The Morgan fingerprint density at radius 1 is 1.05 bits per heavy atom. The average molecular weight is 290 g/mol. The molecule has 0 saturated carbocycles. The molecule has 0 spiro atoms. The lowest BCUT2D eigenvalue weighted by Gasteiger charge is -2.20. The summed E-state index contributed by atoms with van der Waals surface area (Å²) in [5.41, 5.74) is 9.56. The molecule has 0 heterocycles. The molecular formula is C17H20ClNO. The van der Waals surface area contributed by atoms with E-state index in [0.717, 1.165) is 27.5 Å². The van der Waals surface area contributed by atoms with Gasteiger partial charge in [-0.2, -0.15) is 0 Å². The van der Waals surface area contributed by atoms with Crippen molar-refractivity contribution in [2.24, 2.45) is 5.73 Å². The zero-order chi connectivity index (χ0) is 14.7. The van der Waals surface area contributed by atoms with Gasteiger partial charge in [0.1, 0.15) is 5.75 Å². The predicted octanol–water partition coefficient (Wildman–Crippen LogP) is 4.48. The van der Waals surface area contributed by atoms with E-state index in [4.69, 9.17) is 22.1 Å². The number of aryl methyl sites for hydroxylation is 1. The average Bonchev–Trinajstić information content (AvgIpc) is 2.38. The maximum Gasteiger partial charge on any atom is 0.124 e. The molecule has 2 nitrogen and oxygen atoms in total. The summed E-state index contributed by atoms with van der Waals surface area (Å²) < 4.78 is 5.85. The number of nitrogens with two attached hydrogens (primary N) is 1. The Kier molecular flexibility index (Phi) is 4.69. The number of ether oxygens (including phenoxy) is 1. The van der Waals surface area contributed by atoms with Crippen LogP contribution in [0.2, 0.25) is 5.02 Å². The summed E-state index contributed by atoms with van der Waals surface area (Å²) in [5, 5.41) is 0.727. The highest BCUT2D eigenvalue weighted by Crippen LogP contribution is 2.31. The molecule has 0 radical (unpaired) electrons. The number of rotatable bonds is 4. The van der Waals surface area contributed by atoms with Crippen molar-refractivity contribution in [3.8, 4) is 5.75 Å². The number of hydrogen-bond acceptors (Lipinski definition) is 2. The van der Waals surface area contributed by atoms with E-state index in [9.17, 15) is 0 Å². The van der Waals surface area contributed by atoms with Crippen LogP contribution >= 0.6 is 11.6 Å². The van der Waals surface area contributed by atoms with E-state index in [0.29, 0.717) is 0 Å². The second-order valence-corrected chi connectivity index (χ2v) is 5.62. The summed E-state index contributed by atoms with van der Waals surface area (Å²) in [7, 11) is 0. The highest BCUT2D eigenvalue weighted by Gasteiger charge is 2.16. The van der Waals surface area contributed by atoms with E-state index in [-0.39, 0.29) is 12.1 Å². The van der Waals surface area contributed by atoms with Crippen LogP contribution in [-0.2, 0) is 0 Å². The van der Waals surface area contributed by atoms with E-state index in [1.54, 1.807) is 0 Å². The van der Waals surface area contributed by atoms with E-state index in [1.165, 1.54) is 0 Å². The predicted molar refractivity (Wildman–Crippen MR) is 84.4 cm³/mol. The lowest BCUT2D eigenvalue weighted by Crippen LogP contribution is -2.16. The van der Waals surface area contributed by atoms with Crippen LogP contribution < -0.4 is 10.5 Å². The van der Waals surface area contributed by atoms with Crippen molar-refractivity contribution >= 4 is 11.6 Å². The first-order chi connectivity index (χ1) is 9.49. The summed E-state index contributed by atoms with van der Waals surface area (Å²) in [5.74, 6) is 0.837. The minimum atomic E-state index is -0.220. The van der Waals surface area contributed by atoms with Crippen molar-refractivity contribution in [2.75, 3.05) is 0 Å². The summed E-state index contributed by atoms with van der Waals surface area (Å²) >= 11 is 6.00. The van der Waals surface area contributed by atoms with E-state index >= 15 is 0 Å². The van der Waals surface area contributed by atoms with Crippen LogP contribution in [0.15, 0.2) is 42.5 Å². The SMILES string of the molecule is Cc1cc(Cl)ccc1C(N)c1ccccc1OC(C)C. The maximum atomic E-state index is 6.42. The quantitative estimate of drug-likeness (QED) is 0.900. The van der Waals surface area contributed by atoms with Gasteiger partial charge < -0.3 is 10.5 Å². The van der Waals surface area contributed by atoms with Crippen LogP contribution in [0.25, 0.3) is 0 Å². The van der Waals surface area contributed by atoms with Crippen molar-refractivity contribution in [3.63, 3.8) is 0 Å². The van der Waals surface area contributed by atoms with Crippen molar-refractivity contribution in [3.05, 3.63) is 64.2 Å². The molecule has 0 aliphatic carbocycles. The molecule has 106 valence electrons. The minimum Gasteiger partial charge on any atom is -0.491 e. The Morgan fingerprint density at radius 3 is 2.40 bits per heavy atom. The summed E-state index contributed by atoms with van der Waals surface area (Å²) in [6.45, 7) is 6.04. The Balaban J connectivity index is 2.40. The van der Waals surface area contributed by atoms with Gasteiger partial charge in [0, 0.05) is 10.6 Å². The first kappa shape index (κ1) is 14.9. The molecule has 20 heavy (non-hydrogen) atoms. The molecule has 0 aromatic heterocycles. The van der Waals surface area contributed by atoms with Crippen LogP contribution in [0.3, 0.4) is 0 Å². The molecule has 0 fully saturated rings. The van der Waals surface area contributed by atoms with Crippen LogP contribution in [0.4, 0.5) is 0 Å². The third-order valence-electron chi connectivity index (χ3n) is 3.18. The normalized spacial score (nSPS) is 12.5. The Morgan fingerprint density at radius 2 is 1.75 bits per heavy atom. The minimum absolute atomic E-state index is 0.120. The van der Waals surface area contributed by atoms with Gasteiger partial charge in [0.2, 0.25) is 0 Å². The number of benzene rings is 2. The molecule has 1 atom stereocenters. The Labute approximate surface area is 125 Å². The summed E-state index contributed by atoms with van der Waals surface area (Å²) in [4.78, 5) is 0. The van der Waals surface area contributed by atoms with Gasteiger partial charge in [-0.15, -0.1) is 0 Å². The molecule has 2 N–H and O–H groups in total. The maximum absolute atomic E-state index is 6.42. The first-order valence-corrected chi connectivity index (χ1v) is 7.14. The van der Waals surface area contributed by atoms with Gasteiger partial charge in [0.25, 0.3) is 0 Å². The lowest BCUT2D eigenvalue weighted by atomic mass is 9.95. The van der Waals surface area contributed by atoms with Gasteiger partial charge in [0.05, 0.1) is 12.1 Å². The zero-order valence-electron chi connectivity index (χ0n) is 12.1. The number of halogens is 1. The van der Waals surface area contributed by atoms with Crippen LogP contribution in [0.1, 0.15) is 36.6 Å². The monoisotopic (exact) mass is 289 g/mol. The van der Waals surface area contributed by atoms with Crippen LogP contribution in [-0.4, -0.2) is 6.10 Å². The third-order valence-corrected chi connectivity index (χ3v) is 3.42. The first-order valence-electron chi connectivity index (χ1n) is 6.76. The fourth-order valence-electron chi connectivity index (χ4n) is 2.25. The van der Waals surface area contributed by atoms with Crippen molar-refractivity contribution < 1.29 is 4.74 Å². The standard InChI is InChI=1S/C17H20ClNO/c1-11(2)20-16-7-5-4-6-15(16)17(19)14-9-8-13(18)10-12(14)3/h4-11,17H,19H2,1-3H3. The van der Waals surface area contributed by atoms with Gasteiger partial charge in [-0.1, -0.05) is 35.9 Å². The van der Waals surface area contributed by atoms with E-state index in [1.807, 2.05) is 63.2 Å². The molecule has 0 bridgehead atoms. The summed E-state index contributed by atoms with van der Waals surface area (Å²) in [6, 6.07) is 13.5. The number of para-hydroxylation sites is 1. The fraction of sp³-hybridized carbons (Fsp3) is 0.294. The van der Waals surface area contributed by atoms with Crippen molar-refractivity contribution in [1.29, 1.82) is 0 Å². The molecule has 3 heteroatoms. The Hall–Kier alpha value is -1.51. The highest BCUT2D eigenvalue weighted by molar-refractivity contribution is 6.30. The van der Waals surface area contributed by atoms with Crippen LogP contribution in [0.5, 0.6) is 5.75 Å². The van der Waals surface area contributed by atoms with Gasteiger partial charge in [0.15, 0.2) is 0 Å². The molecular weight excluding hydrogens is 270 g/mol. The second kappa shape index (κ2) is 6.29. The topological polar surface area (TPSA) is 35.2 Å². The van der Waals surface area contributed by atoms with Gasteiger partial charge in [-0.3, -0.25) is 0 Å². The van der Waals surface area contributed by atoms with Crippen LogP contribution in [0, 0.1) is 6.92 Å². The highest BCUT2D eigenvalue weighted by atomic mass is 35.5. The lowest BCUT2D eigenvalue weighted by molar-refractivity contribution is 0.239. The molecule has 2 aromatic carbocycles. The smallest absolute Gasteiger partial charge is 0.124 e. The molecule has 0 saturated heterocycles. The molecule has 0 aliphatic rings. The fourth-order valence-corrected chi connectivity index (χ4v) is 2.48. The van der Waals surface area contributed by atoms with Crippen molar-refractivity contribution in [1.82, 2.24) is 0 Å². The molecule has 0 aliphatic heterocycles. The second-order valence-electron chi connectivity index (χ2n) is 5.18. The zero-order valence-corrected chi connectivity index (χ0v) is 12.8. The molecule has 2 rings (SSSR count). The molecule has 2 aromatic rings. The number of hydrogen-bond donors (Lipinski definition) is 1.